The lowest BCUT2D eigenvalue weighted by atomic mass is 9.95. The number of likely N-dealkylation sites (tertiary alicyclic amines) is 1. The Bertz CT molecular complexity index is 413. The van der Waals surface area contributed by atoms with Crippen LogP contribution in [0.4, 0.5) is 0 Å². The molecule has 0 aromatic carbocycles. The van der Waals surface area contributed by atoms with Gasteiger partial charge in [0.05, 0.1) is 0 Å². The number of nitrogens with zero attached hydrogens (tertiary/aromatic N) is 1. The van der Waals surface area contributed by atoms with E-state index in [1.165, 1.54) is 24.1 Å². The van der Waals surface area contributed by atoms with Crippen molar-refractivity contribution < 1.29 is 4.79 Å². The molecule has 0 radical (unpaired) electrons. The predicted molar refractivity (Wildman–Crippen MR) is 90.2 cm³/mol. The molecule has 1 aliphatic rings. The predicted octanol–water partition coefficient (Wildman–Crippen LogP) is 3.30. The number of aldehydes is 1. The van der Waals surface area contributed by atoms with Crippen molar-refractivity contribution in [3.8, 4) is 0 Å². The first-order valence-corrected chi connectivity index (χ1v) is 8.05. The molecule has 21 heavy (non-hydrogen) atoms. The van der Waals surface area contributed by atoms with Crippen LogP contribution in [0.25, 0.3) is 0 Å². The molecule has 1 aliphatic heterocycles. The quantitative estimate of drug-likeness (QED) is 0.443. The first kappa shape index (κ1) is 17.7. The third kappa shape index (κ3) is 5.50. The van der Waals surface area contributed by atoms with Gasteiger partial charge in [-0.05, 0) is 64.8 Å². The summed E-state index contributed by atoms with van der Waals surface area (Å²) in [4.78, 5) is 13.4. The number of nitrogens with one attached hydrogen (secondary N) is 1. The van der Waals surface area contributed by atoms with Crippen LogP contribution in [-0.2, 0) is 4.79 Å². The zero-order valence-electron chi connectivity index (χ0n) is 14.0. The third-order valence-electron chi connectivity index (χ3n) is 4.32. The van der Waals surface area contributed by atoms with Gasteiger partial charge in [-0.1, -0.05) is 18.6 Å². The fourth-order valence-electron chi connectivity index (χ4n) is 2.74. The average molecular weight is 290 g/mol. The van der Waals surface area contributed by atoms with Gasteiger partial charge in [0.25, 0.3) is 0 Å². The van der Waals surface area contributed by atoms with Crippen molar-refractivity contribution in [3.05, 3.63) is 35.1 Å². The Kier molecular flexibility index (Phi) is 8.06. The average Bonchev–Trinajstić information content (AvgIpc) is 2.52. The Hall–Kier alpha value is -1.35. The van der Waals surface area contributed by atoms with Crippen molar-refractivity contribution in [3.63, 3.8) is 0 Å². The summed E-state index contributed by atoms with van der Waals surface area (Å²) < 4.78 is 0. The summed E-state index contributed by atoms with van der Waals surface area (Å²) in [6, 6.07) is 0. The second-order valence-corrected chi connectivity index (χ2v) is 5.75. The molecular weight excluding hydrogens is 260 g/mol. The van der Waals surface area contributed by atoms with E-state index in [4.69, 9.17) is 0 Å². The molecular formula is C18H30N2O. The monoisotopic (exact) mass is 290 g/mol. The van der Waals surface area contributed by atoms with Gasteiger partial charge in [-0.2, -0.15) is 0 Å². The lowest BCUT2D eigenvalue weighted by molar-refractivity contribution is -0.104. The minimum Gasteiger partial charge on any atom is -0.372 e. The van der Waals surface area contributed by atoms with Gasteiger partial charge in [0.2, 0.25) is 0 Å². The summed E-state index contributed by atoms with van der Waals surface area (Å²) in [5.74, 6) is 0.791. The number of piperidine rings is 1. The highest BCUT2D eigenvalue weighted by Crippen LogP contribution is 2.23. The molecule has 0 unspecified atom stereocenters. The largest absolute Gasteiger partial charge is 0.372 e. The molecule has 0 aromatic rings. The molecule has 1 heterocycles. The SMILES string of the molecule is C/C=C(C=O)\C=C/C(=C(C)CC)N1CCC(CNC)CC1. The number of hydrogen-bond donors (Lipinski definition) is 1. The van der Waals surface area contributed by atoms with Crippen molar-refractivity contribution in [2.75, 3.05) is 26.7 Å². The molecule has 0 spiro atoms. The summed E-state index contributed by atoms with van der Waals surface area (Å²) >= 11 is 0. The van der Waals surface area contributed by atoms with E-state index in [-0.39, 0.29) is 0 Å². The van der Waals surface area contributed by atoms with Gasteiger partial charge in [0.1, 0.15) is 6.29 Å². The van der Waals surface area contributed by atoms with E-state index in [0.29, 0.717) is 0 Å². The van der Waals surface area contributed by atoms with Crippen molar-refractivity contribution in [2.24, 2.45) is 5.92 Å². The van der Waals surface area contributed by atoms with Crippen molar-refractivity contribution >= 4 is 6.29 Å². The van der Waals surface area contributed by atoms with Gasteiger partial charge in [0.15, 0.2) is 0 Å². The van der Waals surface area contributed by atoms with Crippen molar-refractivity contribution in [1.29, 1.82) is 0 Å². The Balaban J connectivity index is 2.80. The molecule has 1 N–H and O–H groups in total. The van der Waals surface area contributed by atoms with Gasteiger partial charge < -0.3 is 10.2 Å². The number of carbonyl (C=O) groups is 1. The van der Waals surface area contributed by atoms with E-state index in [1.807, 2.05) is 26.1 Å². The molecule has 0 bridgehead atoms. The first-order chi connectivity index (χ1) is 10.2. The Morgan fingerprint density at radius 1 is 1.29 bits per heavy atom. The Morgan fingerprint density at radius 3 is 2.43 bits per heavy atom. The van der Waals surface area contributed by atoms with E-state index in [2.05, 4.69) is 30.1 Å². The molecule has 118 valence electrons. The third-order valence-corrected chi connectivity index (χ3v) is 4.32. The van der Waals surface area contributed by atoms with E-state index < -0.39 is 0 Å². The molecule has 0 atom stereocenters. The molecule has 0 amide bonds. The van der Waals surface area contributed by atoms with Crippen LogP contribution >= 0.6 is 0 Å². The zero-order valence-corrected chi connectivity index (χ0v) is 14.0. The summed E-state index contributed by atoms with van der Waals surface area (Å²) in [7, 11) is 2.03. The standard InChI is InChI=1S/C18H30N2O/c1-5-15(3)18(8-7-16(6-2)14-21)20-11-9-17(10-12-20)13-19-4/h6-8,14,17,19H,5,9-13H2,1-4H3/b8-7-,16-6+,18-15?. The van der Waals surface area contributed by atoms with Gasteiger partial charge in [-0.15, -0.1) is 0 Å². The van der Waals surface area contributed by atoms with Gasteiger partial charge in [-0.3, -0.25) is 4.79 Å². The van der Waals surface area contributed by atoms with Crippen LogP contribution in [0.15, 0.2) is 35.1 Å². The van der Waals surface area contributed by atoms with Crippen LogP contribution in [0.2, 0.25) is 0 Å². The zero-order chi connectivity index (χ0) is 15.7. The molecule has 3 heteroatoms. The summed E-state index contributed by atoms with van der Waals surface area (Å²) in [5, 5.41) is 3.28. The van der Waals surface area contributed by atoms with Crippen LogP contribution in [0.1, 0.15) is 40.0 Å². The van der Waals surface area contributed by atoms with Crippen LogP contribution < -0.4 is 5.32 Å². The molecule has 3 nitrogen and oxygen atoms in total. The van der Waals surface area contributed by atoms with Gasteiger partial charge >= 0.3 is 0 Å². The van der Waals surface area contributed by atoms with Gasteiger partial charge in [-0.25, -0.2) is 0 Å². The number of rotatable bonds is 7. The fraction of sp³-hybridized carbons (Fsp3) is 0.611. The minimum atomic E-state index is 0.737. The van der Waals surface area contributed by atoms with E-state index in [1.54, 1.807) is 0 Å². The summed E-state index contributed by atoms with van der Waals surface area (Å²) in [5.41, 5.74) is 3.42. The lowest BCUT2D eigenvalue weighted by Gasteiger charge is -2.35. The van der Waals surface area contributed by atoms with Gasteiger partial charge in [0, 0.05) is 24.4 Å². The maximum atomic E-state index is 10.9. The highest BCUT2D eigenvalue weighted by Gasteiger charge is 2.20. The van der Waals surface area contributed by atoms with Crippen molar-refractivity contribution in [1.82, 2.24) is 10.2 Å². The Morgan fingerprint density at radius 2 is 1.95 bits per heavy atom. The highest BCUT2D eigenvalue weighted by molar-refractivity contribution is 5.77. The first-order valence-electron chi connectivity index (χ1n) is 8.05. The molecule has 1 saturated heterocycles. The van der Waals surface area contributed by atoms with E-state index in [0.717, 1.165) is 43.8 Å². The second-order valence-electron chi connectivity index (χ2n) is 5.75. The molecule has 1 rings (SSSR count). The second kappa shape index (κ2) is 9.56. The van der Waals surface area contributed by atoms with E-state index in [9.17, 15) is 4.79 Å². The Labute approximate surface area is 129 Å². The van der Waals surface area contributed by atoms with Crippen LogP contribution in [0, 0.1) is 5.92 Å². The molecule has 0 aromatic heterocycles. The molecule has 0 aliphatic carbocycles. The lowest BCUT2D eigenvalue weighted by Crippen LogP contribution is -2.36. The van der Waals surface area contributed by atoms with Crippen LogP contribution in [0.3, 0.4) is 0 Å². The van der Waals surface area contributed by atoms with Crippen LogP contribution in [-0.4, -0.2) is 37.9 Å². The summed E-state index contributed by atoms with van der Waals surface area (Å²) in [6.45, 7) is 9.60. The fourth-order valence-corrected chi connectivity index (χ4v) is 2.74. The smallest absolute Gasteiger partial charge is 0.149 e. The normalized spacial score (nSPS) is 19.0. The minimum absolute atomic E-state index is 0.737. The van der Waals surface area contributed by atoms with Crippen LogP contribution in [0.5, 0.6) is 0 Å². The topological polar surface area (TPSA) is 32.3 Å². The summed E-state index contributed by atoms with van der Waals surface area (Å²) in [6.07, 6.45) is 10.3. The molecule has 1 fully saturated rings. The maximum absolute atomic E-state index is 10.9. The number of carbonyl (C=O) groups excluding carboxylic acids is 1. The highest BCUT2D eigenvalue weighted by atomic mass is 16.1. The van der Waals surface area contributed by atoms with E-state index >= 15 is 0 Å². The number of allylic oxidation sites excluding steroid dienone is 5. The maximum Gasteiger partial charge on any atom is 0.149 e. The molecule has 0 saturated carbocycles. The number of hydrogen-bond acceptors (Lipinski definition) is 3. The van der Waals surface area contributed by atoms with Crippen molar-refractivity contribution in [2.45, 2.75) is 40.0 Å².